The van der Waals surface area contributed by atoms with E-state index in [0.29, 0.717) is 35.5 Å². The molecule has 0 aliphatic heterocycles. The lowest BCUT2D eigenvalue weighted by Crippen LogP contribution is -2.22. The van der Waals surface area contributed by atoms with Gasteiger partial charge in [-0.15, -0.1) is 0 Å². The molecule has 0 N–H and O–H groups in total. The average Bonchev–Trinajstić information content (AvgIpc) is 3.09. The van der Waals surface area contributed by atoms with Crippen LogP contribution in [0.15, 0.2) is 72.8 Å². The van der Waals surface area contributed by atoms with E-state index in [1.54, 1.807) is 24.8 Å². The number of hydrogen-bond donors (Lipinski definition) is 0. The maximum absolute atomic E-state index is 5.33. The van der Waals surface area contributed by atoms with Crippen LogP contribution in [0.25, 0.3) is 0 Å². The minimum absolute atomic E-state index is 0.382. The molecule has 4 rings (SSSR count). The third kappa shape index (κ3) is 10.2. The second-order valence-corrected chi connectivity index (χ2v) is 19.7. The summed E-state index contributed by atoms with van der Waals surface area (Å²) in [6.45, 7) is 32.6. The van der Waals surface area contributed by atoms with Crippen LogP contribution in [0.1, 0.15) is 152 Å². The maximum atomic E-state index is 5.33. The predicted octanol–water partition coefficient (Wildman–Crippen LogP) is 12.3. The van der Waals surface area contributed by atoms with E-state index in [1.165, 1.54) is 44.0 Å². The number of ether oxygens (including phenoxy) is 2. The molecular weight excluding hydrogens is 646 g/mol. The number of benzene rings is 4. The van der Waals surface area contributed by atoms with Crippen molar-refractivity contribution in [2.75, 3.05) is 27.5 Å². The molecule has 4 aromatic carbocycles. The van der Waals surface area contributed by atoms with E-state index in [9.17, 15) is 0 Å². The van der Waals surface area contributed by atoms with Gasteiger partial charge < -0.3 is 9.47 Å². The molecule has 0 amide bonds. The molecule has 0 bridgehead atoms. The van der Waals surface area contributed by atoms with E-state index in [4.69, 9.17) is 9.47 Å². The Morgan fingerprint density at radius 1 is 0.380 bits per heavy atom. The lowest BCUT2D eigenvalue weighted by molar-refractivity contribution is 0.415. The number of rotatable bonds is 12. The van der Waals surface area contributed by atoms with Crippen LogP contribution in [0.3, 0.4) is 0 Å². The van der Waals surface area contributed by atoms with Gasteiger partial charge in [0.15, 0.2) is 0 Å². The first-order valence-electron chi connectivity index (χ1n) is 18.6. The van der Waals surface area contributed by atoms with Crippen LogP contribution in [0, 0.1) is 0 Å². The fraction of sp³-hybridized carbons (Fsp3) is 0.478. The van der Waals surface area contributed by atoms with Crippen molar-refractivity contribution in [3.05, 3.63) is 106 Å². The van der Waals surface area contributed by atoms with Gasteiger partial charge in [0.25, 0.3) is 0 Å². The highest BCUT2D eigenvalue weighted by atomic mass is 31.1. The SMILES string of the molecule is COc1ccc(P(C)c2c(C(C)C)cc(C(C)C)cc2C(C)C)cc1.COc1ccc(P(C)c2c(C(C)C)cc(C(C)C)cc2C(C)C)cc1. The van der Waals surface area contributed by atoms with E-state index in [2.05, 4.69) is 169 Å². The third-order valence-electron chi connectivity index (χ3n) is 9.79. The molecule has 0 heterocycles. The summed E-state index contributed by atoms with van der Waals surface area (Å²) in [7, 11) is 2.68. The standard InChI is InChI=1S/2C23H33OP/c2*1-15(2)18-13-21(16(3)4)23(22(14-18)17(5)6)25(8)20-11-9-19(24-7)10-12-20/h2*9-17H,1-8H3. The van der Waals surface area contributed by atoms with Gasteiger partial charge in [0.2, 0.25) is 0 Å². The third-order valence-corrected chi connectivity index (χ3v) is 14.3. The first-order valence-corrected chi connectivity index (χ1v) is 22.2. The molecule has 0 saturated heterocycles. The molecule has 0 aromatic heterocycles. The van der Waals surface area contributed by atoms with Crippen molar-refractivity contribution in [2.45, 2.75) is 119 Å². The molecule has 0 spiro atoms. The van der Waals surface area contributed by atoms with Gasteiger partial charge in [-0.05, 0) is 144 Å². The molecular formula is C46H66O2P2. The lowest BCUT2D eigenvalue weighted by atomic mass is 9.89. The molecule has 4 aromatic rings. The highest BCUT2D eigenvalue weighted by molar-refractivity contribution is 7.72. The van der Waals surface area contributed by atoms with Crippen LogP contribution in [0.5, 0.6) is 11.5 Å². The zero-order valence-corrected chi connectivity index (χ0v) is 35.9. The first kappa shape index (κ1) is 41.8. The van der Waals surface area contributed by atoms with Crippen LogP contribution in [-0.4, -0.2) is 27.5 Å². The highest BCUT2D eigenvalue weighted by Gasteiger charge is 2.24. The van der Waals surface area contributed by atoms with Gasteiger partial charge in [0.1, 0.15) is 11.5 Å². The topological polar surface area (TPSA) is 18.5 Å². The number of hydrogen-bond acceptors (Lipinski definition) is 2. The number of methoxy groups -OCH3 is 2. The van der Waals surface area contributed by atoms with Crippen molar-refractivity contribution in [1.29, 1.82) is 0 Å². The molecule has 50 heavy (non-hydrogen) atoms. The fourth-order valence-corrected chi connectivity index (χ4v) is 11.0. The van der Waals surface area contributed by atoms with Crippen LogP contribution >= 0.6 is 15.8 Å². The summed E-state index contributed by atoms with van der Waals surface area (Å²) < 4.78 is 10.7. The van der Waals surface area contributed by atoms with Crippen molar-refractivity contribution >= 4 is 37.1 Å². The Balaban J connectivity index is 0.000000270. The summed E-state index contributed by atoms with van der Waals surface area (Å²) in [6, 6.07) is 27.1. The van der Waals surface area contributed by atoms with Gasteiger partial charge in [-0.3, -0.25) is 0 Å². The Kier molecular flexibility index (Phi) is 15.6. The second-order valence-electron chi connectivity index (χ2n) is 15.5. The Bertz CT molecular complexity index is 1460. The van der Waals surface area contributed by atoms with Crippen LogP contribution in [0.2, 0.25) is 0 Å². The van der Waals surface area contributed by atoms with Crippen LogP contribution in [-0.2, 0) is 0 Å². The fourth-order valence-electron chi connectivity index (χ4n) is 6.48. The Hall–Kier alpha value is -2.66. The summed E-state index contributed by atoms with van der Waals surface area (Å²) in [5.41, 5.74) is 9.04. The van der Waals surface area contributed by atoms with E-state index < -0.39 is 0 Å². The monoisotopic (exact) mass is 712 g/mol. The molecule has 0 aliphatic carbocycles. The molecule has 0 radical (unpaired) electrons. The van der Waals surface area contributed by atoms with E-state index in [1.807, 2.05) is 0 Å². The van der Waals surface area contributed by atoms with E-state index in [0.717, 1.165) is 11.5 Å². The summed E-state index contributed by atoms with van der Waals surface area (Å²) in [5.74, 6) is 5.12. The van der Waals surface area contributed by atoms with Crippen molar-refractivity contribution in [3.8, 4) is 11.5 Å². The molecule has 272 valence electrons. The maximum Gasteiger partial charge on any atom is 0.118 e. The largest absolute Gasteiger partial charge is 0.497 e. The second kappa shape index (κ2) is 18.7. The van der Waals surface area contributed by atoms with Crippen LogP contribution < -0.4 is 30.7 Å². The van der Waals surface area contributed by atoms with Gasteiger partial charge in [-0.1, -0.05) is 132 Å². The quantitative estimate of drug-likeness (QED) is 0.136. The molecule has 0 aliphatic rings. The van der Waals surface area contributed by atoms with E-state index >= 15 is 0 Å². The van der Waals surface area contributed by atoms with Gasteiger partial charge in [-0.25, -0.2) is 0 Å². The zero-order valence-electron chi connectivity index (χ0n) is 34.1. The van der Waals surface area contributed by atoms with Crippen molar-refractivity contribution in [1.82, 2.24) is 0 Å². The molecule has 2 atom stereocenters. The molecule has 0 fully saturated rings. The zero-order chi connectivity index (χ0) is 37.4. The molecule has 0 saturated carbocycles. The first-order chi connectivity index (χ1) is 23.5. The molecule has 2 nitrogen and oxygen atoms in total. The summed E-state index contributed by atoms with van der Waals surface area (Å²) in [5, 5.41) is 5.98. The Labute approximate surface area is 309 Å². The predicted molar refractivity (Wildman–Crippen MR) is 228 cm³/mol. The minimum Gasteiger partial charge on any atom is -0.497 e. The molecule has 2 unspecified atom stereocenters. The van der Waals surface area contributed by atoms with Gasteiger partial charge >= 0.3 is 0 Å². The lowest BCUT2D eigenvalue weighted by Gasteiger charge is -2.27. The van der Waals surface area contributed by atoms with Crippen molar-refractivity contribution in [3.63, 3.8) is 0 Å². The van der Waals surface area contributed by atoms with Gasteiger partial charge in [0, 0.05) is 0 Å². The minimum atomic E-state index is -0.382. The normalized spacial score (nSPS) is 12.9. The average molecular weight is 713 g/mol. The van der Waals surface area contributed by atoms with Gasteiger partial charge in [-0.2, -0.15) is 0 Å². The summed E-state index contributed by atoms with van der Waals surface area (Å²) in [4.78, 5) is 0. The summed E-state index contributed by atoms with van der Waals surface area (Å²) >= 11 is 0. The highest BCUT2D eigenvalue weighted by Crippen LogP contribution is 2.40. The van der Waals surface area contributed by atoms with Crippen LogP contribution in [0.4, 0.5) is 0 Å². The summed E-state index contributed by atoms with van der Waals surface area (Å²) in [6.07, 6.45) is 0. The van der Waals surface area contributed by atoms with Crippen molar-refractivity contribution in [2.24, 2.45) is 0 Å². The molecule has 4 heteroatoms. The van der Waals surface area contributed by atoms with Gasteiger partial charge in [0.05, 0.1) is 14.2 Å². The van der Waals surface area contributed by atoms with Crippen molar-refractivity contribution < 1.29 is 9.47 Å². The van der Waals surface area contributed by atoms with E-state index in [-0.39, 0.29) is 15.8 Å². The Morgan fingerprint density at radius 3 is 0.800 bits per heavy atom. The smallest absolute Gasteiger partial charge is 0.118 e. The Morgan fingerprint density at radius 2 is 0.620 bits per heavy atom.